The van der Waals surface area contributed by atoms with E-state index < -0.39 is 0 Å². The Morgan fingerprint density at radius 1 is 1.44 bits per heavy atom. The lowest BCUT2D eigenvalue weighted by molar-refractivity contribution is -0.121. The minimum Gasteiger partial charge on any atom is -0.496 e. The number of nitrogens with one attached hydrogen (secondary N) is 1. The molecule has 0 radical (unpaired) electrons. The molecule has 0 atom stereocenters. The van der Waals surface area contributed by atoms with Gasteiger partial charge in [0.15, 0.2) is 0 Å². The third kappa shape index (κ3) is 5.08. The van der Waals surface area contributed by atoms with E-state index in [1.165, 1.54) is 0 Å². The molecule has 0 aliphatic heterocycles. The minimum atomic E-state index is 0.110. The standard InChI is InChI=1S/C14H20BrNO2/c1-10(2)8-14(17)16-7-6-11-9-12(15)4-5-13(11)18-3/h4-5,9-10H,6-8H2,1-3H3,(H,16,17). The Kier molecular flexibility index (Phi) is 6.19. The number of halogens is 1. The number of benzene rings is 1. The fraction of sp³-hybridized carbons (Fsp3) is 0.500. The van der Waals surface area contributed by atoms with Crippen LogP contribution in [0, 0.1) is 5.92 Å². The summed E-state index contributed by atoms with van der Waals surface area (Å²) < 4.78 is 6.31. The third-order valence-electron chi connectivity index (χ3n) is 2.55. The largest absolute Gasteiger partial charge is 0.496 e. The van der Waals surface area contributed by atoms with Crippen molar-refractivity contribution in [2.45, 2.75) is 26.7 Å². The molecule has 0 spiro atoms. The zero-order chi connectivity index (χ0) is 13.5. The molecule has 18 heavy (non-hydrogen) atoms. The predicted molar refractivity (Wildman–Crippen MR) is 76.9 cm³/mol. The van der Waals surface area contributed by atoms with E-state index in [4.69, 9.17) is 4.74 Å². The second-order valence-corrected chi connectivity index (χ2v) is 5.57. The molecule has 3 nitrogen and oxygen atoms in total. The summed E-state index contributed by atoms with van der Waals surface area (Å²) in [5, 5.41) is 2.92. The summed E-state index contributed by atoms with van der Waals surface area (Å²) in [6.45, 7) is 4.71. The first-order valence-electron chi connectivity index (χ1n) is 6.12. The number of hydrogen-bond donors (Lipinski definition) is 1. The topological polar surface area (TPSA) is 38.3 Å². The molecule has 1 rings (SSSR count). The van der Waals surface area contributed by atoms with Gasteiger partial charge in [0.2, 0.25) is 5.91 Å². The number of hydrogen-bond acceptors (Lipinski definition) is 2. The van der Waals surface area contributed by atoms with Gasteiger partial charge in [-0.3, -0.25) is 4.79 Å². The van der Waals surface area contributed by atoms with E-state index in [1.54, 1.807) is 7.11 Å². The van der Waals surface area contributed by atoms with Gasteiger partial charge in [0.05, 0.1) is 7.11 Å². The van der Waals surface area contributed by atoms with Crippen molar-refractivity contribution in [2.75, 3.05) is 13.7 Å². The molecule has 0 fully saturated rings. The molecule has 1 aromatic rings. The van der Waals surface area contributed by atoms with Gasteiger partial charge in [-0.2, -0.15) is 0 Å². The third-order valence-corrected chi connectivity index (χ3v) is 3.05. The Labute approximate surface area is 117 Å². The van der Waals surface area contributed by atoms with Crippen molar-refractivity contribution in [2.24, 2.45) is 5.92 Å². The average molecular weight is 314 g/mol. The van der Waals surface area contributed by atoms with E-state index >= 15 is 0 Å². The monoisotopic (exact) mass is 313 g/mol. The van der Waals surface area contributed by atoms with Crippen LogP contribution < -0.4 is 10.1 Å². The summed E-state index contributed by atoms with van der Waals surface area (Å²) in [5.74, 6) is 1.36. The number of methoxy groups -OCH3 is 1. The molecular weight excluding hydrogens is 294 g/mol. The average Bonchev–Trinajstić information content (AvgIpc) is 2.28. The number of carbonyl (C=O) groups excluding carboxylic acids is 1. The Morgan fingerprint density at radius 3 is 2.78 bits per heavy atom. The molecule has 100 valence electrons. The van der Waals surface area contributed by atoms with Gasteiger partial charge in [-0.25, -0.2) is 0 Å². The fourth-order valence-corrected chi connectivity index (χ4v) is 2.13. The zero-order valence-electron chi connectivity index (χ0n) is 11.1. The van der Waals surface area contributed by atoms with Crippen molar-refractivity contribution in [3.8, 4) is 5.75 Å². The Morgan fingerprint density at radius 2 is 2.17 bits per heavy atom. The molecule has 0 aliphatic carbocycles. The molecule has 1 amide bonds. The zero-order valence-corrected chi connectivity index (χ0v) is 12.7. The van der Waals surface area contributed by atoms with Crippen LogP contribution in [-0.2, 0) is 11.2 Å². The normalized spacial score (nSPS) is 10.5. The van der Waals surface area contributed by atoms with Gasteiger partial charge in [-0.1, -0.05) is 29.8 Å². The van der Waals surface area contributed by atoms with E-state index in [0.717, 1.165) is 22.2 Å². The molecule has 4 heteroatoms. The van der Waals surface area contributed by atoms with Crippen LogP contribution in [-0.4, -0.2) is 19.6 Å². The lowest BCUT2D eigenvalue weighted by Crippen LogP contribution is -2.26. The van der Waals surface area contributed by atoms with Crippen LogP contribution in [0.25, 0.3) is 0 Å². The molecule has 0 bridgehead atoms. The highest BCUT2D eigenvalue weighted by atomic mass is 79.9. The highest BCUT2D eigenvalue weighted by molar-refractivity contribution is 9.10. The molecule has 0 heterocycles. The minimum absolute atomic E-state index is 0.110. The Hall–Kier alpha value is -1.03. The van der Waals surface area contributed by atoms with Crippen LogP contribution >= 0.6 is 15.9 Å². The van der Waals surface area contributed by atoms with Gasteiger partial charge in [-0.05, 0) is 36.1 Å². The maximum absolute atomic E-state index is 11.5. The molecular formula is C14H20BrNO2. The van der Waals surface area contributed by atoms with Crippen LogP contribution in [0.3, 0.4) is 0 Å². The Bertz CT molecular complexity index is 405. The van der Waals surface area contributed by atoms with Gasteiger partial charge >= 0.3 is 0 Å². The van der Waals surface area contributed by atoms with Gasteiger partial charge in [0.25, 0.3) is 0 Å². The van der Waals surface area contributed by atoms with Crippen molar-refractivity contribution < 1.29 is 9.53 Å². The van der Waals surface area contributed by atoms with Crippen LogP contribution in [0.15, 0.2) is 22.7 Å². The quantitative estimate of drug-likeness (QED) is 0.876. The van der Waals surface area contributed by atoms with Gasteiger partial charge in [-0.15, -0.1) is 0 Å². The van der Waals surface area contributed by atoms with Gasteiger partial charge in [0, 0.05) is 17.4 Å². The van der Waals surface area contributed by atoms with E-state index in [0.29, 0.717) is 18.9 Å². The summed E-state index contributed by atoms with van der Waals surface area (Å²) >= 11 is 3.44. The molecule has 0 aromatic heterocycles. The molecule has 0 saturated carbocycles. The lowest BCUT2D eigenvalue weighted by Gasteiger charge is -2.10. The van der Waals surface area contributed by atoms with E-state index in [1.807, 2.05) is 32.0 Å². The Balaban J connectivity index is 2.48. The number of rotatable bonds is 6. The smallest absolute Gasteiger partial charge is 0.220 e. The van der Waals surface area contributed by atoms with Crippen LogP contribution in [0.5, 0.6) is 5.75 Å². The summed E-state index contributed by atoms with van der Waals surface area (Å²) in [6, 6.07) is 5.89. The number of ether oxygens (including phenoxy) is 1. The summed E-state index contributed by atoms with van der Waals surface area (Å²) in [4.78, 5) is 11.5. The second kappa shape index (κ2) is 7.41. The molecule has 1 N–H and O–H groups in total. The second-order valence-electron chi connectivity index (χ2n) is 4.65. The highest BCUT2D eigenvalue weighted by Crippen LogP contribution is 2.23. The number of amides is 1. The molecule has 0 unspecified atom stereocenters. The van der Waals surface area contributed by atoms with Crippen molar-refractivity contribution >= 4 is 21.8 Å². The first kappa shape index (κ1) is 15.0. The fourth-order valence-electron chi connectivity index (χ4n) is 1.72. The molecule has 1 aromatic carbocycles. The number of carbonyl (C=O) groups is 1. The molecule has 0 saturated heterocycles. The SMILES string of the molecule is COc1ccc(Br)cc1CCNC(=O)CC(C)C. The highest BCUT2D eigenvalue weighted by Gasteiger charge is 2.06. The van der Waals surface area contributed by atoms with Crippen molar-refractivity contribution in [1.29, 1.82) is 0 Å². The van der Waals surface area contributed by atoms with Crippen LogP contribution in [0.2, 0.25) is 0 Å². The van der Waals surface area contributed by atoms with E-state index in [2.05, 4.69) is 21.2 Å². The summed E-state index contributed by atoms with van der Waals surface area (Å²) in [5.41, 5.74) is 1.09. The maximum atomic E-state index is 11.5. The van der Waals surface area contributed by atoms with Crippen LogP contribution in [0.1, 0.15) is 25.8 Å². The van der Waals surface area contributed by atoms with Crippen LogP contribution in [0.4, 0.5) is 0 Å². The summed E-state index contributed by atoms with van der Waals surface area (Å²) in [7, 11) is 1.66. The van der Waals surface area contributed by atoms with Gasteiger partial charge in [0.1, 0.15) is 5.75 Å². The first-order valence-corrected chi connectivity index (χ1v) is 6.91. The van der Waals surface area contributed by atoms with E-state index in [9.17, 15) is 4.79 Å². The molecule has 0 aliphatic rings. The lowest BCUT2D eigenvalue weighted by atomic mass is 10.1. The van der Waals surface area contributed by atoms with Crippen molar-refractivity contribution in [3.05, 3.63) is 28.2 Å². The van der Waals surface area contributed by atoms with E-state index in [-0.39, 0.29) is 5.91 Å². The summed E-state index contributed by atoms with van der Waals surface area (Å²) in [6.07, 6.45) is 1.35. The van der Waals surface area contributed by atoms with Crippen molar-refractivity contribution in [1.82, 2.24) is 5.32 Å². The van der Waals surface area contributed by atoms with Gasteiger partial charge < -0.3 is 10.1 Å². The maximum Gasteiger partial charge on any atom is 0.220 e. The predicted octanol–water partition coefficient (Wildman–Crippen LogP) is 3.16. The van der Waals surface area contributed by atoms with Crippen molar-refractivity contribution in [3.63, 3.8) is 0 Å². The first-order chi connectivity index (χ1) is 8.52.